The van der Waals surface area contributed by atoms with Crippen LogP contribution >= 0.6 is 0 Å². The minimum atomic E-state index is -0.536. The molecule has 2 aromatic rings. The molecule has 0 radical (unpaired) electrons. The highest BCUT2D eigenvalue weighted by Gasteiger charge is 2.31. The number of ether oxygens (including phenoxy) is 1. The van der Waals surface area contributed by atoms with Crippen LogP contribution in [0.3, 0.4) is 0 Å². The van der Waals surface area contributed by atoms with Crippen molar-refractivity contribution < 1.29 is 14.1 Å². The average molecular weight is 301 g/mol. The highest BCUT2D eigenvalue weighted by Crippen LogP contribution is 2.39. The summed E-state index contributed by atoms with van der Waals surface area (Å²) in [6.45, 7) is 6.14. The van der Waals surface area contributed by atoms with Gasteiger partial charge in [-0.05, 0) is 38.8 Å². The molecule has 1 aromatic heterocycles. The topological polar surface area (TPSA) is 81.6 Å². The molecule has 0 saturated heterocycles. The van der Waals surface area contributed by atoms with Gasteiger partial charge in [0.05, 0.1) is 5.69 Å². The molecule has 22 heavy (non-hydrogen) atoms. The minimum absolute atomic E-state index is 0.314. The van der Waals surface area contributed by atoms with Crippen molar-refractivity contribution in [3.05, 3.63) is 29.8 Å². The van der Waals surface area contributed by atoms with Crippen LogP contribution in [0.4, 0.5) is 16.3 Å². The molecular weight excluding hydrogens is 282 g/mol. The molecule has 0 fully saturated rings. The average Bonchev–Trinajstić information content (AvgIpc) is 3.02. The molecule has 6 nitrogen and oxygen atoms in total. The third-order valence-corrected chi connectivity index (χ3v) is 3.40. The lowest BCUT2D eigenvalue weighted by molar-refractivity contribution is 0.0584. The van der Waals surface area contributed by atoms with Crippen LogP contribution in [0, 0.1) is 0 Å². The largest absolute Gasteiger partial charge is 0.443 e. The normalized spacial score (nSPS) is 14.0. The summed E-state index contributed by atoms with van der Waals surface area (Å²) in [7, 11) is 0. The first-order chi connectivity index (χ1) is 10.3. The van der Waals surface area contributed by atoms with Crippen LogP contribution in [0.25, 0.3) is 11.3 Å². The van der Waals surface area contributed by atoms with Crippen molar-refractivity contribution in [1.82, 2.24) is 5.16 Å². The van der Waals surface area contributed by atoms with E-state index in [4.69, 9.17) is 15.0 Å². The first-order valence-corrected chi connectivity index (χ1v) is 7.20. The second-order valence-corrected chi connectivity index (χ2v) is 6.31. The van der Waals surface area contributed by atoms with E-state index >= 15 is 0 Å². The fourth-order valence-electron chi connectivity index (χ4n) is 2.57. The van der Waals surface area contributed by atoms with Gasteiger partial charge in [0.1, 0.15) is 5.60 Å². The number of hydrogen-bond acceptors (Lipinski definition) is 5. The van der Waals surface area contributed by atoms with Gasteiger partial charge in [0.2, 0.25) is 0 Å². The van der Waals surface area contributed by atoms with Gasteiger partial charge in [0, 0.05) is 18.2 Å². The summed E-state index contributed by atoms with van der Waals surface area (Å²) in [5.41, 5.74) is 7.78. The molecule has 2 N–H and O–H groups in total. The SMILES string of the molecule is CC(C)(C)OC(=O)N1CCc2cccc(-c3cc(N)no3)c21. The van der Waals surface area contributed by atoms with Gasteiger partial charge in [0.15, 0.2) is 11.6 Å². The number of aromatic nitrogens is 1. The summed E-state index contributed by atoms with van der Waals surface area (Å²) in [4.78, 5) is 14.1. The van der Waals surface area contributed by atoms with Gasteiger partial charge >= 0.3 is 6.09 Å². The molecule has 0 atom stereocenters. The minimum Gasteiger partial charge on any atom is -0.443 e. The van der Waals surface area contributed by atoms with Gasteiger partial charge in [-0.15, -0.1) is 0 Å². The lowest BCUT2D eigenvalue weighted by Gasteiger charge is -2.25. The van der Waals surface area contributed by atoms with Crippen molar-refractivity contribution >= 4 is 17.6 Å². The smallest absolute Gasteiger partial charge is 0.414 e. The van der Waals surface area contributed by atoms with Gasteiger partial charge in [-0.3, -0.25) is 4.90 Å². The molecule has 1 aliphatic heterocycles. The number of fused-ring (bicyclic) bond motifs is 1. The maximum absolute atomic E-state index is 12.4. The Bertz CT molecular complexity index is 716. The molecule has 0 spiro atoms. The van der Waals surface area contributed by atoms with Gasteiger partial charge in [-0.1, -0.05) is 17.3 Å². The lowest BCUT2D eigenvalue weighted by Crippen LogP contribution is -2.35. The molecule has 2 heterocycles. The Kier molecular flexibility index (Phi) is 3.31. The standard InChI is InChI=1S/C16H19N3O3/c1-16(2,3)21-15(20)19-8-7-10-5-4-6-11(14(10)19)12-9-13(17)18-22-12/h4-6,9H,7-8H2,1-3H3,(H2,17,18). The van der Waals surface area contributed by atoms with Gasteiger partial charge in [-0.2, -0.15) is 0 Å². The fourth-order valence-corrected chi connectivity index (χ4v) is 2.57. The summed E-state index contributed by atoms with van der Waals surface area (Å²) >= 11 is 0. The zero-order chi connectivity index (χ0) is 15.9. The van der Waals surface area contributed by atoms with E-state index in [2.05, 4.69) is 5.16 Å². The van der Waals surface area contributed by atoms with Gasteiger partial charge in [0.25, 0.3) is 0 Å². The van der Waals surface area contributed by atoms with Crippen LogP contribution in [-0.2, 0) is 11.2 Å². The Hall–Kier alpha value is -2.50. The number of anilines is 2. The number of nitrogens with zero attached hydrogens (tertiary/aromatic N) is 2. The zero-order valence-corrected chi connectivity index (χ0v) is 12.9. The Labute approximate surface area is 128 Å². The molecular formula is C16H19N3O3. The molecule has 1 aliphatic rings. The van der Waals surface area contributed by atoms with Crippen molar-refractivity contribution in [1.29, 1.82) is 0 Å². The number of hydrogen-bond donors (Lipinski definition) is 1. The summed E-state index contributed by atoms with van der Waals surface area (Å²) in [6.07, 6.45) is 0.428. The molecule has 3 rings (SSSR count). The van der Waals surface area contributed by atoms with Crippen LogP contribution in [0.5, 0.6) is 0 Å². The van der Waals surface area contributed by atoms with Crippen LogP contribution in [-0.4, -0.2) is 23.4 Å². The molecule has 1 amide bonds. The Morgan fingerprint density at radius 2 is 2.18 bits per heavy atom. The van der Waals surface area contributed by atoms with E-state index in [1.807, 2.05) is 39.0 Å². The van der Waals surface area contributed by atoms with Crippen molar-refractivity contribution in [3.63, 3.8) is 0 Å². The second-order valence-electron chi connectivity index (χ2n) is 6.31. The van der Waals surface area contributed by atoms with Crippen molar-refractivity contribution in [2.24, 2.45) is 0 Å². The first-order valence-electron chi connectivity index (χ1n) is 7.20. The third-order valence-electron chi connectivity index (χ3n) is 3.40. The van der Waals surface area contributed by atoms with E-state index in [0.717, 1.165) is 23.2 Å². The van der Waals surface area contributed by atoms with Crippen LogP contribution < -0.4 is 10.6 Å². The predicted octanol–water partition coefficient (Wildman–Crippen LogP) is 3.22. The summed E-state index contributed by atoms with van der Waals surface area (Å²) in [5, 5.41) is 3.72. The van der Waals surface area contributed by atoms with Crippen LogP contribution in [0.1, 0.15) is 26.3 Å². The number of nitrogen functional groups attached to an aromatic ring is 1. The molecule has 0 aliphatic carbocycles. The maximum atomic E-state index is 12.4. The number of nitrogens with two attached hydrogens (primary N) is 1. The van der Waals surface area contributed by atoms with E-state index in [1.165, 1.54) is 0 Å². The number of benzene rings is 1. The predicted molar refractivity (Wildman–Crippen MR) is 83.6 cm³/mol. The molecule has 0 unspecified atom stereocenters. The molecule has 1 aromatic carbocycles. The van der Waals surface area contributed by atoms with Gasteiger partial charge < -0.3 is 15.0 Å². The van der Waals surface area contributed by atoms with E-state index in [-0.39, 0.29) is 6.09 Å². The second kappa shape index (κ2) is 5.05. The van der Waals surface area contributed by atoms with E-state index in [0.29, 0.717) is 18.1 Å². The van der Waals surface area contributed by atoms with Crippen molar-refractivity contribution in [3.8, 4) is 11.3 Å². The maximum Gasteiger partial charge on any atom is 0.414 e. The van der Waals surface area contributed by atoms with Crippen molar-refractivity contribution in [2.45, 2.75) is 32.8 Å². The highest BCUT2D eigenvalue weighted by atomic mass is 16.6. The highest BCUT2D eigenvalue weighted by molar-refractivity contribution is 5.96. The fraction of sp³-hybridized carbons (Fsp3) is 0.375. The third kappa shape index (κ3) is 2.64. The van der Waals surface area contributed by atoms with Crippen molar-refractivity contribution in [2.75, 3.05) is 17.2 Å². The summed E-state index contributed by atoms with van der Waals surface area (Å²) < 4.78 is 10.7. The zero-order valence-electron chi connectivity index (χ0n) is 12.9. The summed E-state index contributed by atoms with van der Waals surface area (Å²) in [6, 6.07) is 7.48. The van der Waals surface area contributed by atoms with Crippen LogP contribution in [0.2, 0.25) is 0 Å². The number of carbonyl (C=O) groups is 1. The molecule has 0 saturated carbocycles. The van der Waals surface area contributed by atoms with E-state index in [1.54, 1.807) is 11.0 Å². The number of rotatable bonds is 1. The number of amides is 1. The van der Waals surface area contributed by atoms with Crippen LogP contribution in [0.15, 0.2) is 28.8 Å². The van der Waals surface area contributed by atoms with E-state index < -0.39 is 5.60 Å². The Morgan fingerprint density at radius 1 is 1.41 bits per heavy atom. The number of carbonyl (C=O) groups excluding carboxylic acids is 1. The lowest BCUT2D eigenvalue weighted by atomic mass is 10.1. The first kappa shape index (κ1) is 14.4. The Balaban J connectivity index is 2.01. The number of para-hydroxylation sites is 1. The quantitative estimate of drug-likeness (QED) is 0.874. The molecule has 6 heteroatoms. The molecule has 116 valence electrons. The van der Waals surface area contributed by atoms with E-state index in [9.17, 15) is 4.79 Å². The monoisotopic (exact) mass is 301 g/mol. The molecule has 0 bridgehead atoms. The Morgan fingerprint density at radius 3 is 2.82 bits per heavy atom. The summed E-state index contributed by atoms with van der Waals surface area (Å²) in [5.74, 6) is 0.860. The van der Waals surface area contributed by atoms with Gasteiger partial charge in [-0.25, -0.2) is 4.79 Å².